The van der Waals surface area contributed by atoms with E-state index in [0.29, 0.717) is 11.9 Å². The molecule has 6 heteroatoms. The van der Waals surface area contributed by atoms with Gasteiger partial charge in [0.25, 0.3) is 5.56 Å². The molecular weight excluding hydrogens is 292 g/mol. The van der Waals surface area contributed by atoms with Crippen LogP contribution in [0.1, 0.15) is 18.0 Å². The quantitative estimate of drug-likeness (QED) is 0.767. The number of aromatic amines is 1. The first kappa shape index (κ1) is 14.4. The minimum absolute atomic E-state index is 0.0665. The maximum absolute atomic E-state index is 12.4. The largest absolute Gasteiger partial charge is 0.395 e. The van der Waals surface area contributed by atoms with Crippen molar-refractivity contribution in [3.8, 4) is 0 Å². The van der Waals surface area contributed by atoms with Crippen LogP contribution in [-0.2, 0) is 0 Å². The molecule has 1 fully saturated rings. The van der Waals surface area contributed by atoms with Crippen molar-refractivity contribution in [1.29, 1.82) is 0 Å². The average molecular weight is 312 g/mol. The lowest BCUT2D eigenvalue weighted by Gasteiger charge is -2.15. The van der Waals surface area contributed by atoms with E-state index in [1.54, 1.807) is 0 Å². The first-order valence-corrected chi connectivity index (χ1v) is 8.00. The molecule has 0 amide bonds. The second-order valence-electron chi connectivity index (χ2n) is 6.32. The number of aromatic nitrogens is 3. The average Bonchev–Trinajstić information content (AvgIpc) is 3.14. The molecule has 1 atom stereocenters. The Bertz CT molecular complexity index is 927. The summed E-state index contributed by atoms with van der Waals surface area (Å²) >= 11 is 0. The lowest BCUT2D eigenvalue weighted by atomic mass is 10.1. The molecule has 3 heterocycles. The number of fused-ring (bicyclic) bond motifs is 3. The van der Waals surface area contributed by atoms with Gasteiger partial charge in [-0.3, -0.25) is 9.69 Å². The van der Waals surface area contributed by atoms with Gasteiger partial charge in [0.15, 0.2) is 0 Å². The number of β-amino-alcohol motifs (C(OH)–C–C–N with tert-alkyl or cyclic N) is 1. The third-order valence-electron chi connectivity index (χ3n) is 4.75. The number of H-pyrrole nitrogens is 1. The summed E-state index contributed by atoms with van der Waals surface area (Å²) in [5.74, 6) is 0. The summed E-state index contributed by atoms with van der Waals surface area (Å²) in [6, 6.07) is 6.18. The van der Waals surface area contributed by atoms with Crippen LogP contribution >= 0.6 is 0 Å². The monoisotopic (exact) mass is 312 g/mol. The molecule has 2 aromatic heterocycles. The summed E-state index contributed by atoms with van der Waals surface area (Å²) in [5.41, 5.74) is 1.80. The van der Waals surface area contributed by atoms with Crippen LogP contribution in [0.4, 0.5) is 0 Å². The number of aliphatic hydroxyl groups excluding tert-OH is 1. The topological polar surface area (TPSA) is 74.2 Å². The van der Waals surface area contributed by atoms with E-state index in [0.717, 1.165) is 41.5 Å². The highest BCUT2D eigenvalue weighted by atomic mass is 16.3. The molecule has 23 heavy (non-hydrogen) atoms. The van der Waals surface area contributed by atoms with Crippen LogP contribution in [0.2, 0.25) is 0 Å². The van der Waals surface area contributed by atoms with Crippen molar-refractivity contribution in [3.63, 3.8) is 0 Å². The van der Waals surface area contributed by atoms with Crippen LogP contribution in [0.5, 0.6) is 0 Å². The third kappa shape index (κ3) is 2.34. The van der Waals surface area contributed by atoms with E-state index in [9.17, 15) is 4.79 Å². The van der Waals surface area contributed by atoms with Crippen molar-refractivity contribution < 1.29 is 5.11 Å². The van der Waals surface area contributed by atoms with Gasteiger partial charge in [0.2, 0.25) is 0 Å². The van der Waals surface area contributed by atoms with Gasteiger partial charge in [-0.15, -0.1) is 0 Å². The molecule has 0 spiro atoms. The SMILES string of the molecule is Cc1ccc2c(c1)c(=O)[nH]c1c2cnn1C1CCN(CCO)C1. The summed E-state index contributed by atoms with van der Waals surface area (Å²) in [4.78, 5) is 17.7. The number of rotatable bonds is 3. The molecule has 3 aromatic rings. The Morgan fingerprint density at radius 2 is 2.22 bits per heavy atom. The van der Waals surface area contributed by atoms with Crippen molar-refractivity contribution in [2.75, 3.05) is 26.2 Å². The van der Waals surface area contributed by atoms with E-state index >= 15 is 0 Å². The van der Waals surface area contributed by atoms with Crippen LogP contribution < -0.4 is 5.56 Å². The van der Waals surface area contributed by atoms with E-state index in [2.05, 4.69) is 15.0 Å². The van der Waals surface area contributed by atoms with Gasteiger partial charge >= 0.3 is 0 Å². The molecule has 1 unspecified atom stereocenters. The smallest absolute Gasteiger partial charge is 0.257 e. The maximum Gasteiger partial charge on any atom is 0.257 e. The molecule has 2 N–H and O–H groups in total. The van der Waals surface area contributed by atoms with Gasteiger partial charge < -0.3 is 10.1 Å². The summed E-state index contributed by atoms with van der Waals surface area (Å²) < 4.78 is 1.94. The van der Waals surface area contributed by atoms with Gasteiger partial charge in [-0.2, -0.15) is 5.10 Å². The van der Waals surface area contributed by atoms with Gasteiger partial charge in [0, 0.05) is 30.4 Å². The van der Waals surface area contributed by atoms with Crippen molar-refractivity contribution in [2.24, 2.45) is 0 Å². The first-order valence-electron chi connectivity index (χ1n) is 8.00. The summed E-state index contributed by atoms with van der Waals surface area (Å²) in [5, 5.41) is 16.3. The van der Waals surface area contributed by atoms with E-state index in [1.807, 2.05) is 36.0 Å². The number of benzene rings is 1. The molecule has 1 aliphatic heterocycles. The van der Waals surface area contributed by atoms with Gasteiger partial charge in [-0.05, 0) is 24.8 Å². The number of hydrogen-bond donors (Lipinski definition) is 2. The number of nitrogens with zero attached hydrogens (tertiary/aromatic N) is 3. The second-order valence-corrected chi connectivity index (χ2v) is 6.32. The molecule has 6 nitrogen and oxygen atoms in total. The number of hydrogen-bond acceptors (Lipinski definition) is 4. The summed E-state index contributed by atoms with van der Waals surface area (Å²) in [6.45, 7) is 4.65. The molecule has 1 saturated heterocycles. The highest BCUT2D eigenvalue weighted by molar-refractivity contribution is 6.04. The standard InChI is InChI=1S/C17H20N4O2/c1-11-2-3-13-14(8-11)17(23)19-16-15(13)9-18-21(16)12-4-5-20(10-12)6-7-22/h2-3,8-9,12,22H,4-7,10H2,1H3,(H,19,23). The van der Waals surface area contributed by atoms with Gasteiger partial charge in [0.1, 0.15) is 5.65 Å². The Morgan fingerprint density at radius 3 is 3.04 bits per heavy atom. The summed E-state index contributed by atoms with van der Waals surface area (Å²) in [7, 11) is 0. The van der Waals surface area contributed by atoms with Crippen LogP contribution in [-0.4, -0.2) is 51.0 Å². The highest BCUT2D eigenvalue weighted by Gasteiger charge is 2.25. The molecule has 0 bridgehead atoms. The Morgan fingerprint density at radius 1 is 1.35 bits per heavy atom. The van der Waals surface area contributed by atoms with Crippen LogP contribution in [0.3, 0.4) is 0 Å². The van der Waals surface area contributed by atoms with E-state index in [1.165, 1.54) is 0 Å². The fourth-order valence-corrected chi connectivity index (χ4v) is 3.57. The van der Waals surface area contributed by atoms with Crippen molar-refractivity contribution in [1.82, 2.24) is 19.7 Å². The number of pyridine rings is 1. The van der Waals surface area contributed by atoms with Crippen LogP contribution in [0, 0.1) is 6.92 Å². The van der Waals surface area contributed by atoms with Crippen LogP contribution in [0.25, 0.3) is 21.8 Å². The molecule has 4 rings (SSSR count). The lowest BCUT2D eigenvalue weighted by Crippen LogP contribution is -2.25. The second kappa shape index (κ2) is 5.47. The predicted octanol–water partition coefficient (Wildman–Crippen LogP) is 1.43. The molecule has 0 aliphatic carbocycles. The first-order chi connectivity index (χ1) is 11.2. The number of aliphatic hydroxyl groups is 1. The van der Waals surface area contributed by atoms with Crippen molar-refractivity contribution >= 4 is 21.8 Å². The molecule has 120 valence electrons. The van der Waals surface area contributed by atoms with Gasteiger partial charge in [0.05, 0.1) is 18.8 Å². The third-order valence-corrected chi connectivity index (χ3v) is 4.75. The lowest BCUT2D eigenvalue weighted by molar-refractivity contribution is 0.217. The van der Waals surface area contributed by atoms with E-state index in [4.69, 9.17) is 5.11 Å². The normalized spacial score (nSPS) is 19.1. The molecule has 1 aliphatic rings. The predicted molar refractivity (Wildman–Crippen MR) is 89.8 cm³/mol. The molecular formula is C17H20N4O2. The minimum atomic E-state index is -0.0665. The zero-order valence-corrected chi connectivity index (χ0v) is 13.1. The fourth-order valence-electron chi connectivity index (χ4n) is 3.57. The summed E-state index contributed by atoms with van der Waals surface area (Å²) in [6.07, 6.45) is 2.82. The minimum Gasteiger partial charge on any atom is -0.395 e. The Hall–Kier alpha value is -2.18. The van der Waals surface area contributed by atoms with Crippen molar-refractivity contribution in [3.05, 3.63) is 40.3 Å². The Kier molecular flexibility index (Phi) is 3.43. The van der Waals surface area contributed by atoms with E-state index in [-0.39, 0.29) is 18.2 Å². The molecule has 1 aromatic carbocycles. The number of nitrogens with one attached hydrogen (secondary N) is 1. The Labute approximate surface area is 133 Å². The number of aryl methyl sites for hydroxylation is 1. The zero-order chi connectivity index (χ0) is 16.0. The van der Waals surface area contributed by atoms with Gasteiger partial charge in [-0.25, -0.2) is 4.68 Å². The zero-order valence-electron chi connectivity index (χ0n) is 13.1. The number of likely N-dealkylation sites (tertiary alicyclic amines) is 1. The highest BCUT2D eigenvalue weighted by Crippen LogP contribution is 2.27. The van der Waals surface area contributed by atoms with Crippen LogP contribution in [0.15, 0.2) is 29.2 Å². The van der Waals surface area contributed by atoms with Gasteiger partial charge in [-0.1, -0.05) is 17.7 Å². The molecule has 0 radical (unpaired) electrons. The fraction of sp³-hybridized carbons (Fsp3) is 0.412. The maximum atomic E-state index is 12.4. The van der Waals surface area contributed by atoms with Crippen molar-refractivity contribution in [2.45, 2.75) is 19.4 Å². The van der Waals surface area contributed by atoms with E-state index < -0.39 is 0 Å². The Balaban J connectivity index is 1.83. The molecule has 0 saturated carbocycles.